The van der Waals surface area contributed by atoms with Gasteiger partial charge in [0, 0.05) is 18.0 Å². The van der Waals surface area contributed by atoms with E-state index in [-0.39, 0.29) is 4.75 Å². The van der Waals surface area contributed by atoms with E-state index in [9.17, 15) is 0 Å². The number of hydrogen-bond acceptors (Lipinski definition) is 2. The Balaban J connectivity index is 1.70. The Bertz CT molecular complexity index is 437. The van der Waals surface area contributed by atoms with Crippen molar-refractivity contribution >= 4 is 12.6 Å². The molecule has 0 bridgehead atoms. The van der Waals surface area contributed by atoms with Crippen LogP contribution in [0.15, 0.2) is 30.3 Å². The van der Waals surface area contributed by atoms with E-state index in [4.69, 9.17) is 4.74 Å². The lowest BCUT2D eigenvalue weighted by atomic mass is 10.0. The number of aryl methyl sites for hydroxylation is 1. The average Bonchev–Trinajstić information content (AvgIpc) is 2.67. The molecule has 0 radical (unpaired) electrons. The molecule has 0 spiro atoms. The maximum absolute atomic E-state index is 5.69. The highest BCUT2D eigenvalue weighted by atomic mass is 32.1. The predicted molar refractivity (Wildman–Crippen MR) is 129 cm³/mol. The van der Waals surface area contributed by atoms with Gasteiger partial charge in [0.2, 0.25) is 0 Å². The molecule has 0 fully saturated rings. The maximum Gasteiger partial charge on any atom is 0.0478 e. The van der Waals surface area contributed by atoms with Crippen LogP contribution in [0.2, 0.25) is 0 Å². The fourth-order valence-electron chi connectivity index (χ4n) is 3.55. The molecule has 0 atom stereocenters. The van der Waals surface area contributed by atoms with Crippen molar-refractivity contribution in [3.05, 3.63) is 35.9 Å². The van der Waals surface area contributed by atoms with Crippen LogP contribution in [0.25, 0.3) is 0 Å². The van der Waals surface area contributed by atoms with Gasteiger partial charge in [0.05, 0.1) is 0 Å². The predicted octanol–water partition coefficient (Wildman–Crippen LogP) is 8.42. The van der Waals surface area contributed by atoms with Crippen LogP contribution in [0, 0.1) is 0 Å². The van der Waals surface area contributed by atoms with Crippen molar-refractivity contribution in [1.29, 1.82) is 0 Å². The minimum atomic E-state index is 0.0996. The third-order valence-electron chi connectivity index (χ3n) is 5.46. The van der Waals surface area contributed by atoms with Gasteiger partial charge in [-0.1, -0.05) is 115 Å². The lowest BCUT2D eigenvalue weighted by Gasteiger charge is -2.16. The van der Waals surface area contributed by atoms with Gasteiger partial charge in [-0.2, -0.15) is 12.6 Å². The van der Waals surface area contributed by atoms with Crippen LogP contribution in [0.4, 0.5) is 0 Å². The molecule has 1 nitrogen and oxygen atoms in total. The lowest BCUT2D eigenvalue weighted by molar-refractivity contribution is 0.123. The molecule has 1 aromatic carbocycles. The average molecular weight is 407 g/mol. The van der Waals surface area contributed by atoms with Crippen LogP contribution in [-0.2, 0) is 11.2 Å². The second kappa shape index (κ2) is 17.4. The van der Waals surface area contributed by atoms with Crippen molar-refractivity contribution in [2.75, 3.05) is 13.2 Å². The topological polar surface area (TPSA) is 9.23 Å². The van der Waals surface area contributed by atoms with E-state index in [1.807, 2.05) is 0 Å². The summed E-state index contributed by atoms with van der Waals surface area (Å²) in [5.41, 5.74) is 1.49. The molecule has 0 aliphatic carbocycles. The number of hydrogen-bond donors (Lipinski definition) is 1. The van der Waals surface area contributed by atoms with Crippen molar-refractivity contribution in [3.63, 3.8) is 0 Å². The highest BCUT2D eigenvalue weighted by Gasteiger charge is 2.10. The highest BCUT2D eigenvalue weighted by molar-refractivity contribution is 7.81. The van der Waals surface area contributed by atoms with E-state index in [1.165, 1.54) is 95.5 Å². The van der Waals surface area contributed by atoms with Crippen molar-refractivity contribution in [2.24, 2.45) is 0 Å². The van der Waals surface area contributed by atoms with Gasteiger partial charge in [-0.25, -0.2) is 0 Å². The van der Waals surface area contributed by atoms with Gasteiger partial charge in [0.25, 0.3) is 0 Å². The number of benzene rings is 1. The summed E-state index contributed by atoms with van der Waals surface area (Å²) >= 11 is 4.52. The standard InChI is InChI=1S/C26H46OS/c1-26(2,28)22-24-27-23-18-13-11-9-7-5-3-4-6-8-10-12-15-19-25-20-16-14-17-21-25/h14,16-17,20-21,28H,3-13,15,18-19,22-24H2,1-2H3. The molecule has 1 rings (SSSR count). The third-order valence-corrected chi connectivity index (χ3v) is 5.68. The summed E-state index contributed by atoms with van der Waals surface area (Å²) in [6.45, 7) is 6.07. The Morgan fingerprint density at radius 3 is 1.61 bits per heavy atom. The van der Waals surface area contributed by atoms with Gasteiger partial charge in [-0.05, 0) is 31.2 Å². The van der Waals surface area contributed by atoms with E-state index in [2.05, 4.69) is 56.8 Å². The van der Waals surface area contributed by atoms with Crippen LogP contribution >= 0.6 is 12.6 Å². The SMILES string of the molecule is CC(C)(S)CCOCCCCCCCCCCCCCCCc1ccccc1. The number of unbranched alkanes of at least 4 members (excludes halogenated alkanes) is 12. The maximum atomic E-state index is 5.69. The molecule has 0 heterocycles. The van der Waals surface area contributed by atoms with Gasteiger partial charge in [-0.15, -0.1) is 0 Å². The largest absolute Gasteiger partial charge is 0.381 e. The fraction of sp³-hybridized carbons (Fsp3) is 0.769. The molecular formula is C26H46OS. The van der Waals surface area contributed by atoms with E-state index in [0.29, 0.717) is 0 Å². The lowest BCUT2D eigenvalue weighted by Crippen LogP contribution is -2.14. The summed E-state index contributed by atoms with van der Waals surface area (Å²) in [5.74, 6) is 0. The number of ether oxygens (including phenoxy) is 1. The first kappa shape index (κ1) is 25.6. The van der Waals surface area contributed by atoms with E-state index in [0.717, 1.165) is 19.6 Å². The molecule has 0 unspecified atom stereocenters. The zero-order chi connectivity index (χ0) is 20.3. The molecule has 0 aliphatic heterocycles. The van der Waals surface area contributed by atoms with Crippen LogP contribution in [0.5, 0.6) is 0 Å². The first-order chi connectivity index (χ1) is 13.6. The smallest absolute Gasteiger partial charge is 0.0478 e. The monoisotopic (exact) mass is 406 g/mol. The van der Waals surface area contributed by atoms with Crippen LogP contribution in [0.3, 0.4) is 0 Å². The Hall–Kier alpha value is -0.470. The van der Waals surface area contributed by atoms with Gasteiger partial charge in [-0.3, -0.25) is 0 Å². The molecule has 0 N–H and O–H groups in total. The minimum absolute atomic E-state index is 0.0996. The molecule has 0 saturated carbocycles. The Morgan fingerprint density at radius 2 is 1.11 bits per heavy atom. The molecule has 28 heavy (non-hydrogen) atoms. The molecule has 2 heteroatoms. The second-order valence-electron chi connectivity index (χ2n) is 9.01. The Morgan fingerprint density at radius 1 is 0.643 bits per heavy atom. The van der Waals surface area contributed by atoms with Gasteiger partial charge in [0.1, 0.15) is 0 Å². The first-order valence-electron chi connectivity index (χ1n) is 11.9. The quantitative estimate of drug-likeness (QED) is 0.179. The van der Waals surface area contributed by atoms with Crippen molar-refractivity contribution in [2.45, 2.75) is 115 Å². The zero-order valence-electron chi connectivity index (χ0n) is 18.8. The molecular weight excluding hydrogens is 360 g/mol. The molecule has 0 saturated heterocycles. The van der Waals surface area contributed by atoms with E-state index < -0.39 is 0 Å². The van der Waals surface area contributed by atoms with Crippen LogP contribution < -0.4 is 0 Å². The molecule has 0 aliphatic rings. The first-order valence-corrected chi connectivity index (χ1v) is 12.4. The molecule has 162 valence electrons. The summed E-state index contributed by atoms with van der Waals surface area (Å²) in [7, 11) is 0. The summed E-state index contributed by atoms with van der Waals surface area (Å²) in [6.07, 6.45) is 20.4. The van der Waals surface area contributed by atoms with Gasteiger partial charge < -0.3 is 4.74 Å². The molecule has 1 aromatic rings. The van der Waals surface area contributed by atoms with Crippen molar-refractivity contribution in [3.8, 4) is 0 Å². The number of thiol groups is 1. The molecule has 0 aromatic heterocycles. The summed E-state index contributed by atoms with van der Waals surface area (Å²) < 4.78 is 5.79. The minimum Gasteiger partial charge on any atom is -0.381 e. The zero-order valence-corrected chi connectivity index (χ0v) is 19.7. The highest BCUT2D eigenvalue weighted by Crippen LogP contribution is 2.17. The Labute approximate surface area is 181 Å². The van der Waals surface area contributed by atoms with Crippen molar-refractivity contribution < 1.29 is 4.74 Å². The van der Waals surface area contributed by atoms with Gasteiger partial charge in [0.15, 0.2) is 0 Å². The van der Waals surface area contributed by atoms with E-state index >= 15 is 0 Å². The number of rotatable bonds is 19. The van der Waals surface area contributed by atoms with E-state index in [1.54, 1.807) is 0 Å². The molecule has 0 amide bonds. The fourth-order valence-corrected chi connectivity index (χ4v) is 3.64. The summed E-state index contributed by atoms with van der Waals surface area (Å²) in [5, 5.41) is 0. The Kier molecular flexibility index (Phi) is 15.9. The summed E-state index contributed by atoms with van der Waals surface area (Å²) in [6, 6.07) is 10.9. The summed E-state index contributed by atoms with van der Waals surface area (Å²) in [4.78, 5) is 0. The third kappa shape index (κ3) is 17.6. The van der Waals surface area contributed by atoms with Crippen LogP contribution in [0.1, 0.15) is 109 Å². The second-order valence-corrected chi connectivity index (χ2v) is 10.2. The normalized spacial score (nSPS) is 11.8. The van der Waals surface area contributed by atoms with Gasteiger partial charge >= 0.3 is 0 Å². The van der Waals surface area contributed by atoms with Crippen molar-refractivity contribution in [1.82, 2.24) is 0 Å². The van der Waals surface area contributed by atoms with Crippen LogP contribution in [-0.4, -0.2) is 18.0 Å².